The van der Waals surface area contributed by atoms with Crippen LogP contribution in [0.15, 0.2) is 10.6 Å². The highest BCUT2D eigenvalue weighted by molar-refractivity contribution is 5.65. The molecule has 0 atom stereocenters. The normalized spacial score (nSPS) is 10.4. The Morgan fingerprint density at radius 3 is 2.83 bits per heavy atom. The largest absolute Gasteiger partial charge is 0.421 e. The Morgan fingerprint density at radius 1 is 1.50 bits per heavy atom. The lowest BCUT2D eigenvalue weighted by Gasteiger charge is -1.87. The molecule has 2 rings (SSSR count). The van der Waals surface area contributed by atoms with Crippen molar-refractivity contribution >= 4 is 5.82 Å². The van der Waals surface area contributed by atoms with E-state index in [9.17, 15) is 0 Å². The Labute approximate surface area is 67.8 Å². The summed E-state index contributed by atoms with van der Waals surface area (Å²) >= 11 is 0. The summed E-state index contributed by atoms with van der Waals surface area (Å²) in [7, 11) is 0. The Balaban J connectivity index is 2.50. The molecule has 62 valence electrons. The number of nitrogens with two attached hydrogens (primary N) is 1. The lowest BCUT2D eigenvalue weighted by molar-refractivity contribution is 0.533. The van der Waals surface area contributed by atoms with Gasteiger partial charge in [0.1, 0.15) is 11.4 Å². The van der Waals surface area contributed by atoms with Gasteiger partial charge in [-0.3, -0.25) is 5.10 Å². The molecule has 0 saturated carbocycles. The smallest absolute Gasteiger partial charge is 0.253 e. The number of hydrogen-bond acceptors (Lipinski definition) is 5. The van der Waals surface area contributed by atoms with Gasteiger partial charge in [0.15, 0.2) is 0 Å². The highest BCUT2D eigenvalue weighted by Crippen LogP contribution is 2.21. The molecule has 0 unspecified atom stereocenters. The SMILES string of the molecule is Cc1nnc(-c2cn[nH]c2N)o1. The van der Waals surface area contributed by atoms with Crippen LogP contribution >= 0.6 is 0 Å². The van der Waals surface area contributed by atoms with Crippen molar-refractivity contribution in [2.45, 2.75) is 6.92 Å². The number of anilines is 1. The summed E-state index contributed by atoms with van der Waals surface area (Å²) in [5.74, 6) is 1.32. The fourth-order valence-corrected chi connectivity index (χ4v) is 0.872. The number of hydrogen-bond donors (Lipinski definition) is 2. The number of aryl methyl sites for hydroxylation is 1. The van der Waals surface area contributed by atoms with Gasteiger partial charge in [0.25, 0.3) is 5.89 Å². The van der Waals surface area contributed by atoms with Gasteiger partial charge in [0.05, 0.1) is 6.20 Å². The zero-order valence-corrected chi connectivity index (χ0v) is 6.40. The second-order valence-electron chi connectivity index (χ2n) is 2.32. The van der Waals surface area contributed by atoms with Crippen LogP contribution in [-0.4, -0.2) is 20.4 Å². The predicted molar refractivity (Wildman–Crippen MR) is 41.0 cm³/mol. The highest BCUT2D eigenvalue weighted by Gasteiger charge is 2.10. The molecule has 6 nitrogen and oxygen atoms in total. The molecule has 0 aliphatic rings. The maximum Gasteiger partial charge on any atom is 0.253 e. The van der Waals surface area contributed by atoms with E-state index in [1.807, 2.05) is 0 Å². The van der Waals surface area contributed by atoms with Crippen LogP contribution in [0.3, 0.4) is 0 Å². The molecule has 0 aliphatic carbocycles. The van der Waals surface area contributed by atoms with Gasteiger partial charge in [-0.25, -0.2) is 0 Å². The first-order valence-corrected chi connectivity index (χ1v) is 3.36. The minimum absolute atomic E-state index is 0.388. The van der Waals surface area contributed by atoms with E-state index in [1.165, 1.54) is 0 Å². The van der Waals surface area contributed by atoms with Crippen molar-refractivity contribution in [3.63, 3.8) is 0 Å². The maximum absolute atomic E-state index is 5.54. The summed E-state index contributed by atoms with van der Waals surface area (Å²) in [6.07, 6.45) is 1.54. The van der Waals surface area contributed by atoms with Crippen molar-refractivity contribution in [1.29, 1.82) is 0 Å². The van der Waals surface area contributed by atoms with Gasteiger partial charge in [-0.2, -0.15) is 5.10 Å². The van der Waals surface area contributed by atoms with Crippen LogP contribution in [0.1, 0.15) is 5.89 Å². The fourth-order valence-electron chi connectivity index (χ4n) is 0.872. The molecule has 2 aromatic rings. The molecule has 0 bridgehead atoms. The Hall–Kier alpha value is -1.85. The molecule has 3 N–H and O–H groups in total. The number of aromatic amines is 1. The Morgan fingerprint density at radius 2 is 2.33 bits per heavy atom. The van der Waals surface area contributed by atoms with Crippen LogP contribution in [0.2, 0.25) is 0 Å². The van der Waals surface area contributed by atoms with Gasteiger partial charge in [-0.1, -0.05) is 0 Å². The van der Waals surface area contributed by atoms with E-state index in [2.05, 4.69) is 20.4 Å². The molecule has 0 spiro atoms. The van der Waals surface area contributed by atoms with Gasteiger partial charge in [0.2, 0.25) is 5.89 Å². The van der Waals surface area contributed by atoms with E-state index >= 15 is 0 Å². The highest BCUT2D eigenvalue weighted by atomic mass is 16.4. The zero-order valence-electron chi connectivity index (χ0n) is 6.40. The molecule has 2 heterocycles. The molecule has 0 aliphatic heterocycles. The number of rotatable bonds is 1. The van der Waals surface area contributed by atoms with Crippen molar-refractivity contribution < 1.29 is 4.42 Å². The molecule has 0 aromatic carbocycles. The first kappa shape index (κ1) is 6.84. The zero-order chi connectivity index (χ0) is 8.55. The number of H-pyrrole nitrogens is 1. The number of nitrogen functional groups attached to an aromatic ring is 1. The van der Waals surface area contributed by atoms with Crippen LogP contribution in [-0.2, 0) is 0 Å². The van der Waals surface area contributed by atoms with E-state index in [4.69, 9.17) is 10.2 Å². The second-order valence-corrected chi connectivity index (χ2v) is 2.32. The number of aromatic nitrogens is 4. The molecule has 0 fully saturated rings. The van der Waals surface area contributed by atoms with E-state index < -0.39 is 0 Å². The number of nitrogens with one attached hydrogen (secondary N) is 1. The fraction of sp³-hybridized carbons (Fsp3) is 0.167. The van der Waals surface area contributed by atoms with E-state index in [-0.39, 0.29) is 0 Å². The lowest BCUT2D eigenvalue weighted by Crippen LogP contribution is -1.87. The van der Waals surface area contributed by atoms with Crippen molar-refractivity contribution in [3.8, 4) is 11.5 Å². The maximum atomic E-state index is 5.54. The molecule has 6 heteroatoms. The summed E-state index contributed by atoms with van der Waals surface area (Å²) in [5, 5.41) is 13.8. The van der Waals surface area contributed by atoms with Crippen molar-refractivity contribution in [1.82, 2.24) is 20.4 Å². The van der Waals surface area contributed by atoms with Gasteiger partial charge >= 0.3 is 0 Å². The Kier molecular flexibility index (Phi) is 1.33. The third kappa shape index (κ3) is 0.931. The summed E-state index contributed by atoms with van der Waals surface area (Å²) in [6.45, 7) is 1.72. The minimum atomic E-state index is 0.388. The quantitative estimate of drug-likeness (QED) is 0.635. The van der Waals surface area contributed by atoms with Crippen LogP contribution in [0.25, 0.3) is 11.5 Å². The second kappa shape index (κ2) is 2.33. The van der Waals surface area contributed by atoms with E-state index in [0.29, 0.717) is 23.2 Å². The van der Waals surface area contributed by atoms with E-state index in [0.717, 1.165) is 0 Å². The summed E-state index contributed by atoms with van der Waals surface area (Å²) < 4.78 is 5.15. The summed E-state index contributed by atoms with van der Waals surface area (Å²) in [4.78, 5) is 0. The molecule has 0 radical (unpaired) electrons. The summed E-state index contributed by atoms with van der Waals surface area (Å²) in [6, 6.07) is 0. The summed E-state index contributed by atoms with van der Waals surface area (Å²) in [5.41, 5.74) is 6.17. The topological polar surface area (TPSA) is 93.6 Å². The minimum Gasteiger partial charge on any atom is -0.421 e. The van der Waals surface area contributed by atoms with Crippen molar-refractivity contribution in [2.24, 2.45) is 0 Å². The van der Waals surface area contributed by atoms with Gasteiger partial charge in [-0.15, -0.1) is 10.2 Å². The van der Waals surface area contributed by atoms with E-state index in [1.54, 1.807) is 13.1 Å². The van der Waals surface area contributed by atoms with Crippen LogP contribution in [0, 0.1) is 6.92 Å². The van der Waals surface area contributed by atoms with Crippen molar-refractivity contribution in [2.75, 3.05) is 5.73 Å². The molecule has 12 heavy (non-hydrogen) atoms. The third-order valence-electron chi connectivity index (χ3n) is 1.43. The molecule has 2 aromatic heterocycles. The van der Waals surface area contributed by atoms with Crippen LogP contribution in [0.5, 0.6) is 0 Å². The molecule has 0 saturated heterocycles. The molecule has 0 amide bonds. The van der Waals surface area contributed by atoms with Crippen LogP contribution < -0.4 is 5.73 Å². The molecular formula is C6H7N5O. The number of nitrogens with zero attached hydrogens (tertiary/aromatic N) is 3. The predicted octanol–water partition coefficient (Wildman–Crippen LogP) is 0.350. The van der Waals surface area contributed by atoms with Crippen LogP contribution in [0.4, 0.5) is 5.82 Å². The third-order valence-corrected chi connectivity index (χ3v) is 1.43. The Bertz CT molecular complexity index is 390. The van der Waals surface area contributed by atoms with Gasteiger partial charge in [0, 0.05) is 6.92 Å². The first-order chi connectivity index (χ1) is 5.77. The monoisotopic (exact) mass is 165 g/mol. The first-order valence-electron chi connectivity index (χ1n) is 3.36. The van der Waals surface area contributed by atoms with Gasteiger partial charge < -0.3 is 10.2 Å². The standard InChI is InChI=1S/C6H7N5O/c1-3-9-11-6(12-3)4-2-8-10-5(4)7/h2H,1H3,(H3,7,8,10). The average Bonchev–Trinajstić information content (AvgIpc) is 2.58. The average molecular weight is 165 g/mol. The lowest BCUT2D eigenvalue weighted by atomic mass is 10.3. The van der Waals surface area contributed by atoms with Crippen molar-refractivity contribution in [3.05, 3.63) is 12.1 Å². The van der Waals surface area contributed by atoms with Gasteiger partial charge in [-0.05, 0) is 0 Å². The molecular weight excluding hydrogens is 158 g/mol.